The second-order valence-electron chi connectivity index (χ2n) is 11.1. The van der Waals surface area contributed by atoms with E-state index in [1.165, 1.54) is 30.3 Å². The number of rotatable bonds is 21. The first-order valence-corrected chi connectivity index (χ1v) is 18.8. The third kappa shape index (κ3) is 12.1. The van der Waals surface area contributed by atoms with Gasteiger partial charge in [0.05, 0.1) is 48.0 Å². The topological polar surface area (TPSA) is 189 Å². The minimum absolute atomic E-state index is 0.00265. The van der Waals surface area contributed by atoms with Crippen molar-refractivity contribution < 1.29 is 51.3 Å². The summed E-state index contributed by atoms with van der Waals surface area (Å²) in [6.45, 7) is 3.34. The van der Waals surface area contributed by atoms with E-state index in [1.54, 1.807) is 24.3 Å². The van der Waals surface area contributed by atoms with E-state index < -0.39 is 31.9 Å². The van der Waals surface area contributed by atoms with Crippen LogP contribution in [-0.4, -0.2) is 77.3 Å². The van der Waals surface area contributed by atoms with Crippen molar-refractivity contribution in [1.82, 2.24) is 5.32 Å². The van der Waals surface area contributed by atoms with Crippen LogP contribution in [0, 0.1) is 0 Å². The molecule has 0 fully saturated rings. The maximum absolute atomic E-state index is 13.3. The van der Waals surface area contributed by atoms with Crippen LogP contribution in [0.15, 0.2) is 76.5 Å². The van der Waals surface area contributed by atoms with Crippen molar-refractivity contribution in [2.45, 2.75) is 61.7 Å². The molecule has 3 aromatic rings. The lowest BCUT2D eigenvalue weighted by Crippen LogP contribution is -2.33. The fraction of sp³-hybridized carbons (Fsp3) is 0.424. The van der Waals surface area contributed by atoms with Crippen LogP contribution in [0.25, 0.3) is 0 Å². The van der Waals surface area contributed by atoms with Crippen molar-refractivity contribution in [3.05, 3.63) is 83.4 Å². The number of sulfonamides is 1. The average Bonchev–Trinajstić information content (AvgIpc) is 3.05. The number of phenols is 1. The standard InChI is InChI=1S/C33H44N2O11S2/c1-25(37)46-35(48(42,43)31-13-11-30(12-14-31)47(2,40)41)29-9-7-8-26(20-29)24-45-19-18-44-17-6-4-3-5-16-34-22-33(39)27-10-15-32(38)28(21-27)23-36/h7-15,20-21,33-34,36,38-39H,3-6,16-19,22-24H2,1-2H3/t33-/m1/s1. The van der Waals surface area contributed by atoms with Gasteiger partial charge in [-0.15, -0.1) is 0 Å². The number of carbonyl (C=O) groups excluding carboxylic acids is 1. The number of unbranched alkanes of at least 4 members (excludes halogenated alkanes) is 3. The second kappa shape index (κ2) is 18.8. The molecule has 0 amide bonds. The molecule has 0 saturated carbocycles. The summed E-state index contributed by atoms with van der Waals surface area (Å²) in [4.78, 5) is 16.6. The Hall–Kier alpha value is -3.57. The third-order valence-electron chi connectivity index (χ3n) is 7.13. The summed E-state index contributed by atoms with van der Waals surface area (Å²) in [5, 5.41) is 32.4. The molecule has 0 aromatic heterocycles. The van der Waals surface area contributed by atoms with E-state index in [1.807, 2.05) is 0 Å². The molecule has 0 aliphatic rings. The van der Waals surface area contributed by atoms with Crippen LogP contribution in [0.2, 0.25) is 0 Å². The van der Waals surface area contributed by atoms with Crippen molar-refractivity contribution in [3.8, 4) is 5.75 Å². The highest BCUT2D eigenvalue weighted by atomic mass is 32.2. The number of hydrogen-bond acceptors (Lipinski definition) is 12. The number of aliphatic hydroxyl groups is 2. The summed E-state index contributed by atoms with van der Waals surface area (Å²) in [6, 6.07) is 15.6. The number of benzene rings is 3. The first-order chi connectivity index (χ1) is 22.8. The minimum atomic E-state index is -4.39. The predicted octanol–water partition coefficient (Wildman–Crippen LogP) is 3.38. The van der Waals surface area contributed by atoms with E-state index in [2.05, 4.69) is 5.32 Å². The van der Waals surface area contributed by atoms with E-state index >= 15 is 0 Å². The number of anilines is 1. The van der Waals surface area contributed by atoms with E-state index in [9.17, 15) is 36.9 Å². The number of nitrogens with zero attached hydrogens (tertiary/aromatic N) is 1. The van der Waals surface area contributed by atoms with E-state index in [4.69, 9.17) is 14.3 Å². The Balaban J connectivity index is 1.34. The number of sulfone groups is 1. The zero-order valence-electron chi connectivity index (χ0n) is 27.1. The average molecular weight is 709 g/mol. The quantitative estimate of drug-likeness (QED) is 0.0935. The van der Waals surface area contributed by atoms with Gasteiger partial charge in [-0.05, 0) is 79.0 Å². The van der Waals surface area contributed by atoms with Crippen molar-refractivity contribution >= 4 is 31.5 Å². The molecule has 3 aromatic carbocycles. The Morgan fingerprint density at radius 3 is 2.25 bits per heavy atom. The number of aromatic hydroxyl groups is 1. The molecule has 0 bridgehead atoms. The van der Waals surface area contributed by atoms with Gasteiger partial charge >= 0.3 is 5.97 Å². The Morgan fingerprint density at radius 1 is 0.875 bits per heavy atom. The van der Waals surface area contributed by atoms with E-state index in [-0.39, 0.29) is 34.4 Å². The highest BCUT2D eigenvalue weighted by Crippen LogP contribution is 2.27. The minimum Gasteiger partial charge on any atom is -0.508 e. The SMILES string of the molecule is CC(=O)ON(c1cccc(COCCOCCCCCCNC[C@@H](O)c2ccc(O)c(CO)c2)c1)S(=O)(=O)c1ccc(S(C)(=O)=O)cc1. The van der Waals surface area contributed by atoms with Crippen LogP contribution in [0.3, 0.4) is 0 Å². The first kappa shape index (κ1) is 38.9. The lowest BCUT2D eigenvalue weighted by molar-refractivity contribution is -0.140. The lowest BCUT2D eigenvalue weighted by Gasteiger charge is -2.22. The van der Waals surface area contributed by atoms with Gasteiger partial charge in [-0.2, -0.15) is 8.42 Å². The summed E-state index contributed by atoms with van der Waals surface area (Å²) in [7, 11) is -7.92. The van der Waals surface area contributed by atoms with Crippen molar-refractivity contribution in [2.75, 3.05) is 43.6 Å². The van der Waals surface area contributed by atoms with Crippen LogP contribution in [0.1, 0.15) is 55.4 Å². The predicted molar refractivity (Wildman–Crippen MR) is 178 cm³/mol. The first-order valence-electron chi connectivity index (χ1n) is 15.4. The molecule has 0 heterocycles. The molecule has 13 nitrogen and oxygen atoms in total. The number of hydrogen-bond donors (Lipinski definition) is 4. The zero-order chi connectivity index (χ0) is 35.2. The molecule has 0 spiro atoms. The molecular weight excluding hydrogens is 665 g/mol. The molecule has 1 atom stereocenters. The molecule has 264 valence electrons. The van der Waals surface area contributed by atoms with Crippen LogP contribution in [-0.2, 0) is 52.2 Å². The van der Waals surface area contributed by atoms with Gasteiger partial charge in [-0.1, -0.05) is 35.5 Å². The smallest absolute Gasteiger partial charge is 0.330 e. The summed E-state index contributed by atoms with van der Waals surface area (Å²) in [6.07, 6.45) is 4.09. The number of carbonyl (C=O) groups is 1. The van der Waals surface area contributed by atoms with Crippen molar-refractivity contribution in [2.24, 2.45) is 0 Å². The van der Waals surface area contributed by atoms with Crippen LogP contribution >= 0.6 is 0 Å². The summed E-state index contributed by atoms with van der Waals surface area (Å²) < 4.78 is 62.0. The lowest BCUT2D eigenvalue weighted by atomic mass is 10.1. The van der Waals surface area contributed by atoms with Gasteiger partial charge in [0.1, 0.15) is 5.75 Å². The molecule has 0 saturated heterocycles. The third-order valence-corrected chi connectivity index (χ3v) is 9.85. The normalized spacial score (nSPS) is 12.5. The van der Waals surface area contributed by atoms with Gasteiger partial charge in [-0.3, -0.25) is 0 Å². The van der Waals surface area contributed by atoms with Crippen LogP contribution < -0.4 is 9.79 Å². The van der Waals surface area contributed by atoms with Crippen molar-refractivity contribution in [1.29, 1.82) is 0 Å². The van der Waals surface area contributed by atoms with Crippen LogP contribution in [0.4, 0.5) is 5.69 Å². The highest BCUT2D eigenvalue weighted by Gasteiger charge is 2.29. The zero-order valence-corrected chi connectivity index (χ0v) is 28.7. The molecule has 0 radical (unpaired) electrons. The largest absolute Gasteiger partial charge is 0.508 e. The Kier molecular flexibility index (Phi) is 15.3. The maximum atomic E-state index is 13.3. The molecule has 48 heavy (non-hydrogen) atoms. The number of aliphatic hydroxyl groups excluding tert-OH is 2. The molecule has 3 rings (SSSR count). The molecule has 0 aliphatic carbocycles. The molecule has 4 N–H and O–H groups in total. The second-order valence-corrected chi connectivity index (χ2v) is 14.8. The van der Waals surface area contributed by atoms with Gasteiger partial charge in [0, 0.05) is 31.9 Å². The molecule has 0 unspecified atom stereocenters. The Bertz CT molecular complexity index is 1680. The summed E-state index contributed by atoms with van der Waals surface area (Å²) >= 11 is 0. The number of ether oxygens (including phenoxy) is 2. The fourth-order valence-corrected chi connectivity index (χ4v) is 6.48. The van der Waals surface area contributed by atoms with Gasteiger partial charge in [0.2, 0.25) is 0 Å². The van der Waals surface area contributed by atoms with E-state index in [0.717, 1.165) is 57.5 Å². The molecular formula is C33H44N2O11S2. The highest BCUT2D eigenvalue weighted by molar-refractivity contribution is 7.92. The van der Waals surface area contributed by atoms with Gasteiger partial charge in [0.25, 0.3) is 10.0 Å². The molecule has 15 heteroatoms. The summed E-state index contributed by atoms with van der Waals surface area (Å²) in [5.74, 6) is -0.857. The van der Waals surface area contributed by atoms with Crippen LogP contribution in [0.5, 0.6) is 5.75 Å². The number of nitrogens with one attached hydrogen (secondary N) is 1. The maximum Gasteiger partial charge on any atom is 0.330 e. The molecule has 0 aliphatic heterocycles. The Morgan fingerprint density at radius 2 is 1.56 bits per heavy atom. The fourth-order valence-electron chi connectivity index (χ4n) is 4.59. The Labute approximate surface area is 282 Å². The monoisotopic (exact) mass is 708 g/mol. The van der Waals surface area contributed by atoms with Gasteiger partial charge in [0.15, 0.2) is 9.84 Å². The van der Waals surface area contributed by atoms with Gasteiger partial charge in [-0.25, -0.2) is 13.2 Å². The van der Waals surface area contributed by atoms with Gasteiger partial charge < -0.3 is 34.9 Å². The summed E-state index contributed by atoms with van der Waals surface area (Å²) in [5.41, 5.74) is 1.71. The van der Waals surface area contributed by atoms with E-state index in [0.29, 0.717) is 47.5 Å². The van der Waals surface area contributed by atoms with Crippen molar-refractivity contribution in [3.63, 3.8) is 0 Å².